The lowest BCUT2D eigenvalue weighted by Gasteiger charge is -2.37. The Morgan fingerprint density at radius 1 is 1.33 bits per heavy atom. The lowest BCUT2D eigenvalue weighted by molar-refractivity contribution is -0.155. The number of rotatable bonds is 10. The van der Waals surface area contributed by atoms with Gasteiger partial charge in [-0.25, -0.2) is 0 Å². The maximum absolute atomic E-state index is 13.9. The minimum Gasteiger partial charge on any atom is -0.466 e. The Hall–Kier alpha value is -2.01. The molecule has 0 aromatic carbocycles. The predicted octanol–water partition coefficient (Wildman–Crippen LogP) is -0.737. The summed E-state index contributed by atoms with van der Waals surface area (Å²) in [5.74, 6) is -2.46. The molecule has 0 aromatic heterocycles. The van der Waals surface area contributed by atoms with Crippen LogP contribution in [0, 0.1) is 11.8 Å². The highest BCUT2D eigenvalue weighted by molar-refractivity contribution is 5.98. The second kappa shape index (κ2) is 10.1. The average Bonchev–Trinajstić information content (AvgIpc) is 3.45. The van der Waals surface area contributed by atoms with Gasteiger partial charge in [-0.15, -0.1) is 6.58 Å². The standard InChI is InChI=1S/C23H35N3O7/c1-3-7-25(9-8-24-11-14-31-15-12-24)21(29)19-23-6-5-16(33-23)17(22(30)32-4-2)18(23)20(28)26(19)10-13-27/h3,16-19,27H,1,4-15H2,2H3/t16-,17+,18+,19-,23+/m0/s1. The topological polar surface area (TPSA) is 109 Å². The van der Waals surface area contributed by atoms with Gasteiger partial charge in [0.05, 0.1) is 44.4 Å². The molecule has 0 saturated carbocycles. The molecule has 5 atom stereocenters. The van der Waals surface area contributed by atoms with Crippen molar-refractivity contribution in [1.29, 1.82) is 0 Å². The third kappa shape index (κ3) is 4.18. The molecular weight excluding hydrogens is 430 g/mol. The van der Waals surface area contributed by atoms with Crippen LogP contribution >= 0.6 is 0 Å². The number of ether oxygens (including phenoxy) is 3. The van der Waals surface area contributed by atoms with E-state index in [1.165, 1.54) is 4.90 Å². The van der Waals surface area contributed by atoms with Crippen LogP contribution in [0.4, 0.5) is 0 Å². The number of amides is 2. The van der Waals surface area contributed by atoms with Crippen LogP contribution in [0.2, 0.25) is 0 Å². The monoisotopic (exact) mass is 465 g/mol. The summed E-state index contributed by atoms with van der Waals surface area (Å²) >= 11 is 0. The van der Waals surface area contributed by atoms with E-state index in [4.69, 9.17) is 14.2 Å². The number of esters is 1. The van der Waals surface area contributed by atoms with Gasteiger partial charge in [0.2, 0.25) is 11.8 Å². The number of morpholine rings is 1. The largest absolute Gasteiger partial charge is 0.466 e. The number of nitrogens with zero attached hydrogens (tertiary/aromatic N) is 3. The Morgan fingerprint density at radius 3 is 2.76 bits per heavy atom. The van der Waals surface area contributed by atoms with Gasteiger partial charge < -0.3 is 29.1 Å². The molecule has 2 bridgehead atoms. The second-order valence-electron chi connectivity index (χ2n) is 9.09. The molecule has 1 spiro atoms. The van der Waals surface area contributed by atoms with Gasteiger partial charge in [-0.3, -0.25) is 19.3 Å². The number of hydrogen-bond donors (Lipinski definition) is 1. The Balaban J connectivity index is 1.59. The first-order valence-electron chi connectivity index (χ1n) is 11.9. The van der Waals surface area contributed by atoms with E-state index in [1.807, 2.05) is 0 Å². The number of fused-ring (bicyclic) bond motifs is 1. The summed E-state index contributed by atoms with van der Waals surface area (Å²) in [6, 6.07) is -0.879. The number of carbonyl (C=O) groups excluding carboxylic acids is 3. The zero-order valence-corrected chi connectivity index (χ0v) is 19.3. The lowest BCUT2D eigenvalue weighted by Crippen LogP contribution is -2.57. The highest BCUT2D eigenvalue weighted by Crippen LogP contribution is 2.58. The van der Waals surface area contributed by atoms with Crippen LogP contribution in [-0.4, -0.2) is 121 Å². The Morgan fingerprint density at radius 2 is 2.09 bits per heavy atom. The maximum atomic E-state index is 13.9. The van der Waals surface area contributed by atoms with Crippen molar-refractivity contribution in [2.45, 2.75) is 37.5 Å². The van der Waals surface area contributed by atoms with Crippen molar-refractivity contribution in [3.05, 3.63) is 12.7 Å². The molecule has 4 aliphatic rings. The van der Waals surface area contributed by atoms with E-state index in [1.54, 1.807) is 17.9 Å². The van der Waals surface area contributed by atoms with Crippen LogP contribution < -0.4 is 0 Å². The van der Waals surface area contributed by atoms with Gasteiger partial charge in [0, 0.05) is 39.3 Å². The molecule has 2 amide bonds. The van der Waals surface area contributed by atoms with Gasteiger partial charge in [-0.05, 0) is 19.8 Å². The molecule has 10 nitrogen and oxygen atoms in total. The summed E-state index contributed by atoms with van der Waals surface area (Å²) in [6.45, 7) is 9.96. The number of carbonyl (C=O) groups is 3. The SMILES string of the molecule is C=CCN(CCN1CCOCC1)C(=O)[C@@H]1N(CCO)C(=O)[C@H]2[C@H](C(=O)OCC)[C@@H]3CC[C@]12O3. The molecule has 0 unspecified atom stereocenters. The first-order valence-corrected chi connectivity index (χ1v) is 11.9. The van der Waals surface area contributed by atoms with Crippen molar-refractivity contribution < 1.29 is 33.7 Å². The number of β-amino-alcohol motifs (C(OH)–C–C–N with tert-alkyl or cyclic N) is 1. The Kier molecular flexibility index (Phi) is 7.37. The fraction of sp³-hybridized carbons (Fsp3) is 0.783. The van der Waals surface area contributed by atoms with Crippen molar-refractivity contribution in [3.8, 4) is 0 Å². The summed E-state index contributed by atoms with van der Waals surface area (Å²) in [7, 11) is 0. The van der Waals surface area contributed by atoms with Gasteiger partial charge in [0.15, 0.2) is 0 Å². The third-order valence-corrected chi connectivity index (χ3v) is 7.38. The zero-order chi connectivity index (χ0) is 23.6. The van der Waals surface area contributed by atoms with E-state index >= 15 is 0 Å². The third-order valence-electron chi connectivity index (χ3n) is 7.38. The number of aliphatic hydroxyl groups is 1. The molecule has 1 N–H and O–H groups in total. The summed E-state index contributed by atoms with van der Waals surface area (Å²) in [5.41, 5.74) is -1.07. The molecule has 0 aromatic rings. The molecule has 33 heavy (non-hydrogen) atoms. The number of hydrogen-bond acceptors (Lipinski definition) is 8. The summed E-state index contributed by atoms with van der Waals surface area (Å²) in [4.78, 5) is 45.5. The minimum absolute atomic E-state index is 0.0163. The van der Waals surface area contributed by atoms with Gasteiger partial charge in [-0.1, -0.05) is 6.08 Å². The smallest absolute Gasteiger partial charge is 0.312 e. The van der Waals surface area contributed by atoms with Crippen LogP contribution in [0.3, 0.4) is 0 Å². The van der Waals surface area contributed by atoms with E-state index in [0.717, 1.165) is 13.1 Å². The first kappa shape index (κ1) is 24.1. The van der Waals surface area contributed by atoms with E-state index in [9.17, 15) is 19.5 Å². The summed E-state index contributed by atoms with van der Waals surface area (Å²) in [6.07, 6.45) is 2.37. The van der Waals surface area contributed by atoms with Crippen LogP contribution in [-0.2, 0) is 28.6 Å². The molecule has 10 heteroatoms. The molecular formula is C23H35N3O7. The number of likely N-dealkylation sites (tertiary alicyclic amines) is 1. The van der Waals surface area contributed by atoms with Crippen molar-refractivity contribution in [2.75, 3.05) is 65.7 Å². The van der Waals surface area contributed by atoms with Crippen molar-refractivity contribution >= 4 is 17.8 Å². The van der Waals surface area contributed by atoms with Gasteiger partial charge >= 0.3 is 5.97 Å². The van der Waals surface area contributed by atoms with Crippen molar-refractivity contribution in [2.24, 2.45) is 11.8 Å². The highest BCUT2D eigenvalue weighted by Gasteiger charge is 2.75. The quantitative estimate of drug-likeness (QED) is 0.332. The van der Waals surface area contributed by atoms with Crippen molar-refractivity contribution in [1.82, 2.24) is 14.7 Å². The average molecular weight is 466 g/mol. The second-order valence-corrected chi connectivity index (χ2v) is 9.09. The summed E-state index contributed by atoms with van der Waals surface area (Å²) < 4.78 is 17.0. The molecule has 4 fully saturated rings. The maximum Gasteiger partial charge on any atom is 0.312 e. The van der Waals surface area contributed by atoms with Crippen LogP contribution in [0.5, 0.6) is 0 Å². The zero-order valence-electron chi connectivity index (χ0n) is 19.3. The first-order chi connectivity index (χ1) is 16.0. The van der Waals surface area contributed by atoms with Crippen LogP contribution in [0.25, 0.3) is 0 Å². The molecule has 0 radical (unpaired) electrons. The van der Waals surface area contributed by atoms with E-state index < -0.39 is 35.6 Å². The minimum atomic E-state index is -1.07. The molecule has 4 aliphatic heterocycles. The molecule has 0 aliphatic carbocycles. The predicted molar refractivity (Wildman–Crippen MR) is 117 cm³/mol. The normalized spacial score (nSPS) is 33.3. The van der Waals surface area contributed by atoms with Gasteiger partial charge in [0.1, 0.15) is 11.6 Å². The lowest BCUT2D eigenvalue weighted by atomic mass is 9.70. The fourth-order valence-corrected chi connectivity index (χ4v) is 5.99. The molecule has 4 saturated heterocycles. The van der Waals surface area contributed by atoms with Crippen LogP contribution in [0.1, 0.15) is 19.8 Å². The molecule has 4 rings (SSSR count). The van der Waals surface area contributed by atoms with Crippen LogP contribution in [0.15, 0.2) is 12.7 Å². The fourth-order valence-electron chi connectivity index (χ4n) is 5.99. The highest BCUT2D eigenvalue weighted by atomic mass is 16.6. The van der Waals surface area contributed by atoms with Crippen molar-refractivity contribution in [3.63, 3.8) is 0 Å². The summed E-state index contributed by atoms with van der Waals surface area (Å²) in [5, 5.41) is 9.66. The molecule has 4 heterocycles. The van der Waals surface area contributed by atoms with Gasteiger partial charge in [0.25, 0.3) is 0 Å². The van der Waals surface area contributed by atoms with E-state index in [-0.39, 0.29) is 31.6 Å². The van der Waals surface area contributed by atoms with E-state index in [2.05, 4.69) is 11.5 Å². The number of aliphatic hydroxyl groups excluding tert-OH is 1. The Bertz CT molecular complexity index is 771. The molecule has 184 valence electrons. The van der Waals surface area contributed by atoms with Gasteiger partial charge in [-0.2, -0.15) is 0 Å². The van der Waals surface area contributed by atoms with E-state index in [0.29, 0.717) is 45.7 Å². The Labute approximate surface area is 194 Å².